The number of hydrogen-bond acceptors (Lipinski definition) is 3. The van der Waals surface area contributed by atoms with E-state index >= 15 is 0 Å². The van der Waals surface area contributed by atoms with Crippen molar-refractivity contribution >= 4 is 5.97 Å². The van der Waals surface area contributed by atoms with E-state index < -0.39 is 0 Å². The van der Waals surface area contributed by atoms with Gasteiger partial charge >= 0.3 is 5.97 Å². The van der Waals surface area contributed by atoms with Crippen LogP contribution in [0.5, 0.6) is 5.75 Å². The minimum Gasteiger partial charge on any atom is -0.426 e. The van der Waals surface area contributed by atoms with Crippen molar-refractivity contribution in [3.05, 3.63) is 43.0 Å². The summed E-state index contributed by atoms with van der Waals surface area (Å²) in [7, 11) is 0. The highest BCUT2D eigenvalue weighted by molar-refractivity contribution is 5.78. The van der Waals surface area contributed by atoms with Crippen molar-refractivity contribution < 1.29 is 9.53 Å². The van der Waals surface area contributed by atoms with E-state index in [1.807, 2.05) is 29.0 Å². The van der Waals surface area contributed by atoms with Crippen molar-refractivity contribution in [1.29, 1.82) is 0 Å². The largest absolute Gasteiger partial charge is 0.426 e. The van der Waals surface area contributed by atoms with Crippen LogP contribution < -0.4 is 4.74 Å². The molecule has 1 aliphatic carbocycles. The quantitative estimate of drug-likeness (QED) is 0.613. The standard InChI is InChI=1S/C14H14N2O2/c1-10-7-13(10)14(17)18-12-4-2-3-11(8-12)16-6-5-15-9-16/h2-6,8-10,13H,7H2,1H3. The topological polar surface area (TPSA) is 44.1 Å². The molecule has 1 aromatic heterocycles. The number of hydrogen-bond donors (Lipinski definition) is 0. The molecule has 0 N–H and O–H groups in total. The molecule has 18 heavy (non-hydrogen) atoms. The van der Waals surface area contributed by atoms with Crippen LogP contribution in [0, 0.1) is 11.8 Å². The molecule has 2 aromatic rings. The molecule has 0 bridgehead atoms. The molecule has 0 saturated heterocycles. The van der Waals surface area contributed by atoms with Crippen LogP contribution in [0.2, 0.25) is 0 Å². The zero-order valence-corrected chi connectivity index (χ0v) is 10.1. The molecular weight excluding hydrogens is 228 g/mol. The number of imidazole rings is 1. The molecule has 1 heterocycles. The first kappa shape index (κ1) is 11.0. The molecule has 92 valence electrons. The summed E-state index contributed by atoms with van der Waals surface area (Å²) in [6.45, 7) is 2.06. The number of nitrogens with zero attached hydrogens (tertiary/aromatic N) is 2. The summed E-state index contributed by atoms with van der Waals surface area (Å²) in [4.78, 5) is 15.7. The fourth-order valence-electron chi connectivity index (χ4n) is 1.96. The van der Waals surface area contributed by atoms with Crippen molar-refractivity contribution in [2.45, 2.75) is 13.3 Å². The third kappa shape index (κ3) is 2.14. The molecule has 0 radical (unpaired) electrons. The predicted octanol–water partition coefficient (Wildman–Crippen LogP) is 2.43. The Morgan fingerprint density at radius 3 is 3.00 bits per heavy atom. The first-order chi connectivity index (χ1) is 8.74. The van der Waals surface area contributed by atoms with E-state index in [-0.39, 0.29) is 11.9 Å². The Balaban J connectivity index is 1.77. The van der Waals surface area contributed by atoms with E-state index in [4.69, 9.17) is 4.74 Å². The van der Waals surface area contributed by atoms with E-state index in [1.165, 1.54) is 0 Å². The van der Waals surface area contributed by atoms with Gasteiger partial charge in [0, 0.05) is 18.5 Å². The molecule has 3 rings (SSSR count). The first-order valence-corrected chi connectivity index (χ1v) is 6.04. The lowest BCUT2D eigenvalue weighted by Crippen LogP contribution is -2.11. The molecule has 4 nitrogen and oxygen atoms in total. The van der Waals surface area contributed by atoms with Gasteiger partial charge in [-0.15, -0.1) is 0 Å². The van der Waals surface area contributed by atoms with Gasteiger partial charge in [0.05, 0.1) is 17.9 Å². The average Bonchev–Trinajstić information content (AvgIpc) is 2.90. The molecular formula is C14H14N2O2. The lowest BCUT2D eigenvalue weighted by Gasteiger charge is -2.06. The van der Waals surface area contributed by atoms with Crippen molar-refractivity contribution in [2.24, 2.45) is 11.8 Å². The SMILES string of the molecule is CC1CC1C(=O)Oc1cccc(-n2ccnc2)c1. The molecule has 2 atom stereocenters. The third-order valence-electron chi connectivity index (χ3n) is 3.25. The van der Waals surface area contributed by atoms with Crippen molar-refractivity contribution in [1.82, 2.24) is 9.55 Å². The summed E-state index contributed by atoms with van der Waals surface area (Å²) in [5, 5.41) is 0. The smallest absolute Gasteiger partial charge is 0.314 e. The van der Waals surface area contributed by atoms with Gasteiger partial charge in [0.15, 0.2) is 0 Å². The Labute approximate surface area is 105 Å². The van der Waals surface area contributed by atoms with E-state index in [0.717, 1.165) is 12.1 Å². The number of benzene rings is 1. The first-order valence-electron chi connectivity index (χ1n) is 6.04. The summed E-state index contributed by atoms with van der Waals surface area (Å²) < 4.78 is 7.25. The monoisotopic (exact) mass is 242 g/mol. The van der Waals surface area contributed by atoms with Gasteiger partial charge in [0.2, 0.25) is 0 Å². The highest BCUT2D eigenvalue weighted by atomic mass is 16.5. The van der Waals surface area contributed by atoms with E-state index in [2.05, 4.69) is 11.9 Å². The maximum absolute atomic E-state index is 11.7. The fraction of sp³-hybridized carbons (Fsp3) is 0.286. The highest BCUT2D eigenvalue weighted by Gasteiger charge is 2.40. The molecule has 1 fully saturated rings. The molecule has 0 amide bonds. The number of ether oxygens (including phenoxy) is 1. The van der Waals surface area contributed by atoms with Crippen LogP contribution in [0.3, 0.4) is 0 Å². The normalized spacial score (nSPS) is 21.6. The Kier molecular flexibility index (Phi) is 2.63. The number of esters is 1. The summed E-state index contributed by atoms with van der Waals surface area (Å²) >= 11 is 0. The van der Waals surface area contributed by atoms with Crippen LogP contribution in [-0.2, 0) is 4.79 Å². The van der Waals surface area contributed by atoms with Crippen LogP contribution in [0.4, 0.5) is 0 Å². The second kappa shape index (κ2) is 4.29. The van der Waals surface area contributed by atoms with Crippen molar-refractivity contribution in [3.63, 3.8) is 0 Å². The van der Waals surface area contributed by atoms with Crippen LogP contribution in [0.25, 0.3) is 5.69 Å². The van der Waals surface area contributed by atoms with Gasteiger partial charge in [-0.05, 0) is 24.5 Å². The minimum atomic E-state index is -0.120. The van der Waals surface area contributed by atoms with Crippen molar-refractivity contribution in [3.8, 4) is 11.4 Å². The van der Waals surface area contributed by atoms with E-state index in [0.29, 0.717) is 11.7 Å². The van der Waals surface area contributed by atoms with Crippen LogP contribution in [0.1, 0.15) is 13.3 Å². The number of carbonyl (C=O) groups is 1. The molecule has 2 unspecified atom stereocenters. The molecule has 0 spiro atoms. The molecule has 1 aromatic carbocycles. The van der Waals surface area contributed by atoms with Crippen LogP contribution >= 0.6 is 0 Å². The Morgan fingerprint density at radius 1 is 1.50 bits per heavy atom. The Morgan fingerprint density at radius 2 is 2.33 bits per heavy atom. The van der Waals surface area contributed by atoms with Crippen LogP contribution in [-0.4, -0.2) is 15.5 Å². The van der Waals surface area contributed by atoms with Gasteiger partial charge in [-0.3, -0.25) is 4.79 Å². The highest BCUT2D eigenvalue weighted by Crippen LogP contribution is 2.38. The predicted molar refractivity (Wildman–Crippen MR) is 66.5 cm³/mol. The lowest BCUT2D eigenvalue weighted by atomic mass is 10.3. The third-order valence-corrected chi connectivity index (χ3v) is 3.25. The number of carbonyl (C=O) groups excluding carboxylic acids is 1. The summed E-state index contributed by atoms with van der Waals surface area (Å²) in [5.74, 6) is 1.02. The maximum Gasteiger partial charge on any atom is 0.314 e. The van der Waals surface area contributed by atoms with Gasteiger partial charge in [-0.25, -0.2) is 4.98 Å². The second-order valence-electron chi connectivity index (χ2n) is 4.71. The second-order valence-corrected chi connectivity index (χ2v) is 4.71. The fourth-order valence-corrected chi connectivity index (χ4v) is 1.96. The lowest BCUT2D eigenvalue weighted by molar-refractivity contribution is -0.136. The Bertz CT molecular complexity index is 563. The van der Waals surface area contributed by atoms with E-state index in [9.17, 15) is 4.79 Å². The summed E-state index contributed by atoms with van der Waals surface area (Å²) in [6.07, 6.45) is 6.22. The molecule has 1 aliphatic rings. The van der Waals surface area contributed by atoms with Crippen LogP contribution in [0.15, 0.2) is 43.0 Å². The number of aromatic nitrogens is 2. The van der Waals surface area contributed by atoms with Gasteiger partial charge < -0.3 is 9.30 Å². The number of rotatable bonds is 3. The molecule has 0 aliphatic heterocycles. The maximum atomic E-state index is 11.7. The minimum absolute atomic E-state index is 0.0851. The van der Waals surface area contributed by atoms with Gasteiger partial charge in [-0.1, -0.05) is 13.0 Å². The zero-order valence-electron chi connectivity index (χ0n) is 10.1. The van der Waals surface area contributed by atoms with Gasteiger partial charge in [-0.2, -0.15) is 0 Å². The van der Waals surface area contributed by atoms with Gasteiger partial charge in [0.25, 0.3) is 0 Å². The summed E-state index contributed by atoms with van der Waals surface area (Å²) in [5.41, 5.74) is 0.932. The Hall–Kier alpha value is -2.10. The zero-order chi connectivity index (χ0) is 12.5. The average molecular weight is 242 g/mol. The molecule has 4 heteroatoms. The molecule has 1 saturated carbocycles. The van der Waals surface area contributed by atoms with Gasteiger partial charge in [0.1, 0.15) is 5.75 Å². The summed E-state index contributed by atoms with van der Waals surface area (Å²) in [6, 6.07) is 7.45. The van der Waals surface area contributed by atoms with E-state index in [1.54, 1.807) is 18.6 Å². The van der Waals surface area contributed by atoms with Crippen molar-refractivity contribution in [2.75, 3.05) is 0 Å².